The normalized spacial score (nSPS) is 12.2. The van der Waals surface area contributed by atoms with Crippen LogP contribution in [0.5, 0.6) is 0 Å². The lowest BCUT2D eigenvalue weighted by Gasteiger charge is -2.09. The molecule has 1 amide bonds. The first kappa shape index (κ1) is 22.9. The molecule has 3 aromatic rings. The lowest BCUT2D eigenvalue weighted by Crippen LogP contribution is -2.26. The summed E-state index contributed by atoms with van der Waals surface area (Å²) in [6, 6.07) is 11.9. The molecule has 0 bridgehead atoms. The summed E-state index contributed by atoms with van der Waals surface area (Å²) in [4.78, 5) is 11.8. The monoisotopic (exact) mass is 455 g/mol. The fourth-order valence-corrected chi connectivity index (χ4v) is 2.62. The molecule has 3 rings (SSSR count). The Morgan fingerprint density at radius 3 is 2.25 bits per heavy atom. The van der Waals surface area contributed by atoms with Gasteiger partial charge in [0.2, 0.25) is 0 Å². The second-order valence-corrected chi connectivity index (χ2v) is 6.51. The van der Waals surface area contributed by atoms with Gasteiger partial charge in [-0.3, -0.25) is 4.79 Å². The van der Waals surface area contributed by atoms with Crippen molar-refractivity contribution in [1.29, 1.82) is 0 Å². The zero-order valence-corrected chi connectivity index (χ0v) is 16.1. The molecule has 0 radical (unpaired) electrons. The zero-order valence-electron chi connectivity index (χ0n) is 16.1. The highest BCUT2D eigenvalue weighted by Gasteiger charge is 2.31. The summed E-state index contributed by atoms with van der Waals surface area (Å²) in [5.74, 6) is -0.290. The molecule has 0 atom stereocenters. The Morgan fingerprint density at radius 2 is 1.56 bits per heavy atom. The van der Waals surface area contributed by atoms with Crippen LogP contribution < -0.4 is 10.7 Å². The highest BCUT2D eigenvalue weighted by molar-refractivity contribution is 5.83. The van der Waals surface area contributed by atoms with Crippen molar-refractivity contribution in [1.82, 2.24) is 5.43 Å². The molecule has 2 aromatic carbocycles. The smallest absolute Gasteiger partial charge is 0.416 e. The van der Waals surface area contributed by atoms with E-state index < -0.39 is 29.4 Å². The van der Waals surface area contributed by atoms with E-state index in [1.165, 1.54) is 36.4 Å². The minimum absolute atomic E-state index is 0.107. The van der Waals surface area contributed by atoms with Crippen LogP contribution in [-0.2, 0) is 17.1 Å². The van der Waals surface area contributed by atoms with Crippen LogP contribution in [0.4, 0.5) is 32.0 Å². The van der Waals surface area contributed by atoms with Crippen LogP contribution in [0.15, 0.2) is 70.2 Å². The molecule has 0 fully saturated rings. The van der Waals surface area contributed by atoms with Crippen molar-refractivity contribution >= 4 is 17.8 Å². The first-order valence-corrected chi connectivity index (χ1v) is 9.03. The number of nitrogens with one attached hydrogen (secondary N) is 2. The number of nitrogens with zero attached hydrogens (tertiary/aromatic N) is 1. The van der Waals surface area contributed by atoms with E-state index in [0.29, 0.717) is 0 Å². The quantitative estimate of drug-likeness (QED) is 0.291. The SMILES string of the molecule is O=C(CNc1cccc(C(F)(F)F)c1)N/N=C\c1ccc(-c2cccc(C(F)(F)F)c2)o1. The molecule has 11 heteroatoms. The Hall–Kier alpha value is -3.76. The van der Waals surface area contributed by atoms with Crippen molar-refractivity contribution in [2.45, 2.75) is 12.4 Å². The van der Waals surface area contributed by atoms with Gasteiger partial charge >= 0.3 is 12.4 Å². The molecule has 0 aliphatic rings. The van der Waals surface area contributed by atoms with Crippen LogP contribution in [0.1, 0.15) is 16.9 Å². The topological polar surface area (TPSA) is 66.6 Å². The van der Waals surface area contributed by atoms with Gasteiger partial charge in [-0.1, -0.05) is 18.2 Å². The number of anilines is 1. The van der Waals surface area contributed by atoms with Crippen LogP contribution >= 0.6 is 0 Å². The van der Waals surface area contributed by atoms with Gasteiger partial charge in [-0.05, 0) is 42.5 Å². The molecule has 32 heavy (non-hydrogen) atoms. The van der Waals surface area contributed by atoms with Gasteiger partial charge in [-0.2, -0.15) is 31.4 Å². The molecule has 5 nitrogen and oxygen atoms in total. The van der Waals surface area contributed by atoms with Crippen molar-refractivity contribution in [2.24, 2.45) is 5.10 Å². The molecule has 0 aliphatic heterocycles. The zero-order chi connectivity index (χ0) is 23.4. The predicted octanol–water partition coefficient (Wildman–Crippen LogP) is 5.55. The average molecular weight is 455 g/mol. The van der Waals surface area contributed by atoms with Crippen molar-refractivity contribution in [3.05, 3.63) is 77.6 Å². The summed E-state index contributed by atoms with van der Waals surface area (Å²) >= 11 is 0. The van der Waals surface area contributed by atoms with Crippen molar-refractivity contribution in [3.8, 4) is 11.3 Å². The summed E-state index contributed by atoms with van der Waals surface area (Å²) in [6.45, 7) is -0.341. The summed E-state index contributed by atoms with van der Waals surface area (Å²) in [5, 5.41) is 6.20. The molecule has 0 spiro atoms. The number of hydrogen-bond acceptors (Lipinski definition) is 4. The van der Waals surface area contributed by atoms with Gasteiger partial charge in [-0.15, -0.1) is 0 Å². The Labute approximate surface area is 177 Å². The Balaban J connectivity index is 1.55. The number of benzene rings is 2. The van der Waals surface area contributed by atoms with Gasteiger partial charge in [0.15, 0.2) is 0 Å². The molecule has 1 heterocycles. The third-order valence-electron chi connectivity index (χ3n) is 4.13. The minimum atomic E-state index is -4.50. The van der Waals surface area contributed by atoms with Gasteiger partial charge in [0, 0.05) is 11.3 Å². The van der Waals surface area contributed by atoms with Crippen LogP contribution in [0.3, 0.4) is 0 Å². The van der Waals surface area contributed by atoms with E-state index in [-0.39, 0.29) is 29.3 Å². The van der Waals surface area contributed by atoms with Gasteiger partial charge < -0.3 is 9.73 Å². The third kappa shape index (κ3) is 6.13. The van der Waals surface area contributed by atoms with E-state index in [2.05, 4.69) is 15.8 Å². The van der Waals surface area contributed by atoms with Crippen molar-refractivity contribution < 1.29 is 35.6 Å². The highest BCUT2D eigenvalue weighted by Crippen LogP contribution is 2.33. The van der Waals surface area contributed by atoms with E-state index in [0.717, 1.165) is 30.5 Å². The van der Waals surface area contributed by atoms with Gasteiger partial charge in [0.25, 0.3) is 5.91 Å². The maximum Gasteiger partial charge on any atom is 0.416 e. The summed E-state index contributed by atoms with van der Waals surface area (Å²) < 4.78 is 82.0. The summed E-state index contributed by atoms with van der Waals surface area (Å²) in [6.07, 6.45) is -7.85. The van der Waals surface area contributed by atoms with Gasteiger partial charge in [-0.25, -0.2) is 5.43 Å². The molecular formula is C21H15F6N3O2. The number of rotatable bonds is 6. The maximum absolute atomic E-state index is 12.8. The fraction of sp³-hybridized carbons (Fsp3) is 0.143. The van der Waals surface area contributed by atoms with Crippen LogP contribution in [0.2, 0.25) is 0 Å². The first-order valence-electron chi connectivity index (χ1n) is 9.03. The molecule has 2 N–H and O–H groups in total. The minimum Gasteiger partial charge on any atom is -0.455 e. The van der Waals surface area contributed by atoms with Crippen molar-refractivity contribution in [3.63, 3.8) is 0 Å². The lowest BCUT2D eigenvalue weighted by molar-refractivity contribution is -0.138. The molecule has 0 unspecified atom stereocenters. The molecule has 0 saturated heterocycles. The fourth-order valence-electron chi connectivity index (χ4n) is 2.62. The largest absolute Gasteiger partial charge is 0.455 e. The summed E-state index contributed by atoms with van der Waals surface area (Å²) in [5.41, 5.74) is 0.816. The van der Waals surface area contributed by atoms with E-state index in [4.69, 9.17) is 4.42 Å². The van der Waals surface area contributed by atoms with E-state index in [9.17, 15) is 31.1 Å². The van der Waals surface area contributed by atoms with Crippen LogP contribution in [0.25, 0.3) is 11.3 Å². The average Bonchev–Trinajstić information content (AvgIpc) is 3.20. The van der Waals surface area contributed by atoms with E-state index in [1.54, 1.807) is 0 Å². The highest BCUT2D eigenvalue weighted by atomic mass is 19.4. The second kappa shape index (κ2) is 9.16. The Morgan fingerprint density at radius 1 is 0.906 bits per heavy atom. The Bertz CT molecular complexity index is 1120. The number of carbonyl (C=O) groups is 1. The number of hydrogen-bond donors (Lipinski definition) is 2. The van der Waals surface area contributed by atoms with Gasteiger partial charge in [0.05, 0.1) is 23.9 Å². The third-order valence-corrected chi connectivity index (χ3v) is 4.13. The number of carbonyl (C=O) groups excluding carboxylic acids is 1. The number of alkyl halides is 6. The van der Waals surface area contributed by atoms with E-state index >= 15 is 0 Å². The van der Waals surface area contributed by atoms with Gasteiger partial charge in [0.1, 0.15) is 11.5 Å². The lowest BCUT2D eigenvalue weighted by atomic mass is 10.1. The molecule has 0 saturated carbocycles. The predicted molar refractivity (Wildman–Crippen MR) is 105 cm³/mol. The Kier molecular flexibility index (Phi) is 6.56. The molecule has 1 aromatic heterocycles. The molecular weight excluding hydrogens is 440 g/mol. The number of furan rings is 1. The number of hydrazone groups is 1. The maximum atomic E-state index is 12.8. The first-order chi connectivity index (χ1) is 15.0. The van der Waals surface area contributed by atoms with Crippen molar-refractivity contribution in [2.75, 3.05) is 11.9 Å². The molecule has 168 valence electrons. The standard InChI is InChI=1S/C21H15F6N3O2/c22-20(23,24)14-4-1-3-13(9-14)18-8-7-17(32-18)11-29-30-19(31)12-28-16-6-2-5-15(10-16)21(25,26)27/h1-11,28H,12H2,(H,30,31)/b29-11-. The van der Waals surface area contributed by atoms with E-state index in [1.807, 2.05) is 0 Å². The van der Waals surface area contributed by atoms with Crippen LogP contribution in [0, 0.1) is 0 Å². The second-order valence-electron chi connectivity index (χ2n) is 6.51. The molecule has 0 aliphatic carbocycles. The van der Waals surface area contributed by atoms with Crippen LogP contribution in [-0.4, -0.2) is 18.7 Å². The number of halogens is 6. The number of amides is 1. The summed E-state index contributed by atoms with van der Waals surface area (Å²) in [7, 11) is 0.